The van der Waals surface area contributed by atoms with Crippen molar-refractivity contribution < 1.29 is 29.0 Å². The normalized spacial score (nSPS) is 13.0. The van der Waals surface area contributed by atoms with Gasteiger partial charge in [0.1, 0.15) is 11.2 Å². The molecule has 1 rings (SSSR count). The van der Waals surface area contributed by atoms with Gasteiger partial charge in [-0.3, -0.25) is 9.59 Å². The summed E-state index contributed by atoms with van der Waals surface area (Å²) in [6, 6.07) is 6.84. The Hall–Kier alpha value is -2.37. The number of carboxylic acid groups (broad SMARTS) is 1. The Balaban J connectivity index is 2.96. The lowest BCUT2D eigenvalue weighted by atomic mass is 9.93. The molecule has 0 aliphatic rings. The summed E-state index contributed by atoms with van der Waals surface area (Å²) < 4.78 is 10.8. The zero-order valence-corrected chi connectivity index (χ0v) is 17.0. The molecule has 6 heteroatoms. The molecular formula is C21H30O6. The van der Waals surface area contributed by atoms with Crippen molar-refractivity contribution in [2.45, 2.75) is 72.0 Å². The smallest absolute Gasteiger partial charge is 0.338 e. The highest BCUT2D eigenvalue weighted by atomic mass is 16.6. The molecule has 0 radical (unpaired) electrons. The zero-order chi connectivity index (χ0) is 20.8. The van der Waals surface area contributed by atoms with E-state index in [1.807, 2.05) is 0 Å². The lowest BCUT2D eigenvalue weighted by Gasteiger charge is -2.24. The monoisotopic (exact) mass is 378 g/mol. The van der Waals surface area contributed by atoms with Crippen molar-refractivity contribution in [1.29, 1.82) is 0 Å². The first kappa shape index (κ1) is 22.7. The molecule has 0 saturated carbocycles. The third-order valence-corrected chi connectivity index (χ3v) is 3.49. The summed E-state index contributed by atoms with van der Waals surface area (Å²) in [7, 11) is 0. The molecule has 0 heterocycles. The van der Waals surface area contributed by atoms with Crippen molar-refractivity contribution in [2.75, 3.05) is 0 Å². The second kappa shape index (κ2) is 9.02. The van der Waals surface area contributed by atoms with Gasteiger partial charge in [-0.2, -0.15) is 0 Å². The minimum absolute atomic E-state index is 0.129. The molecule has 6 nitrogen and oxygen atoms in total. The van der Waals surface area contributed by atoms with Crippen LogP contribution in [-0.2, 0) is 25.5 Å². The molecule has 0 amide bonds. The third kappa shape index (κ3) is 9.22. The number of ether oxygens (including phenoxy) is 2. The summed E-state index contributed by atoms with van der Waals surface area (Å²) >= 11 is 0. The van der Waals surface area contributed by atoms with Gasteiger partial charge >= 0.3 is 17.9 Å². The highest BCUT2D eigenvalue weighted by molar-refractivity contribution is 5.89. The van der Waals surface area contributed by atoms with Gasteiger partial charge in [-0.25, -0.2) is 4.79 Å². The Morgan fingerprint density at radius 2 is 1.59 bits per heavy atom. The van der Waals surface area contributed by atoms with Crippen LogP contribution in [0.5, 0.6) is 0 Å². The molecule has 1 unspecified atom stereocenters. The predicted octanol–water partition coefficient (Wildman–Crippen LogP) is 4.01. The molecule has 1 atom stereocenters. The van der Waals surface area contributed by atoms with Gasteiger partial charge in [0, 0.05) is 6.42 Å². The first-order valence-corrected chi connectivity index (χ1v) is 9.04. The molecule has 1 N–H and O–H groups in total. The lowest BCUT2D eigenvalue weighted by molar-refractivity contribution is -0.160. The van der Waals surface area contributed by atoms with Crippen molar-refractivity contribution in [2.24, 2.45) is 5.92 Å². The van der Waals surface area contributed by atoms with Crippen LogP contribution < -0.4 is 0 Å². The fraction of sp³-hybridized carbons (Fsp3) is 0.571. The number of hydrogen-bond acceptors (Lipinski definition) is 5. The van der Waals surface area contributed by atoms with Crippen molar-refractivity contribution in [1.82, 2.24) is 0 Å². The summed E-state index contributed by atoms with van der Waals surface area (Å²) in [5, 5.41) is 8.95. The van der Waals surface area contributed by atoms with Crippen LogP contribution in [0.3, 0.4) is 0 Å². The summed E-state index contributed by atoms with van der Waals surface area (Å²) in [6.07, 6.45) is 0.329. The Bertz CT molecular complexity index is 679. The Morgan fingerprint density at radius 1 is 1.00 bits per heavy atom. The maximum Gasteiger partial charge on any atom is 0.338 e. The van der Waals surface area contributed by atoms with Crippen LogP contribution in [0.1, 0.15) is 70.3 Å². The van der Waals surface area contributed by atoms with E-state index in [1.165, 1.54) is 0 Å². The number of benzene rings is 1. The minimum Gasteiger partial charge on any atom is -0.481 e. The Labute approximate surface area is 160 Å². The standard InChI is InChI=1S/C21H30O6/c1-20(2,3)26-18(24)15-9-7-8-14(12-15)13-16(10-11-17(22)23)19(25)27-21(4,5)6/h7-9,12,16H,10-11,13H2,1-6H3,(H,22,23). The van der Waals surface area contributed by atoms with Gasteiger partial charge in [0.25, 0.3) is 0 Å². The van der Waals surface area contributed by atoms with Crippen LogP contribution >= 0.6 is 0 Å². The first-order valence-electron chi connectivity index (χ1n) is 9.04. The van der Waals surface area contributed by atoms with Gasteiger partial charge in [0.2, 0.25) is 0 Å². The maximum absolute atomic E-state index is 12.5. The molecule has 1 aromatic carbocycles. The molecule has 0 aliphatic carbocycles. The predicted molar refractivity (Wildman–Crippen MR) is 102 cm³/mol. The van der Waals surface area contributed by atoms with E-state index in [2.05, 4.69) is 0 Å². The van der Waals surface area contributed by atoms with Crippen LogP contribution in [0, 0.1) is 5.92 Å². The largest absolute Gasteiger partial charge is 0.481 e. The average molecular weight is 378 g/mol. The molecule has 0 aromatic heterocycles. The SMILES string of the molecule is CC(C)(C)OC(=O)c1cccc(CC(CCC(=O)O)C(=O)OC(C)(C)C)c1. The number of aliphatic carboxylic acids is 1. The Kier molecular flexibility index (Phi) is 7.57. The maximum atomic E-state index is 12.5. The van der Waals surface area contributed by atoms with Crippen molar-refractivity contribution in [3.63, 3.8) is 0 Å². The molecule has 0 bridgehead atoms. The van der Waals surface area contributed by atoms with Gasteiger partial charge in [0.05, 0.1) is 11.5 Å². The van der Waals surface area contributed by atoms with E-state index in [9.17, 15) is 14.4 Å². The molecule has 0 saturated heterocycles. The summed E-state index contributed by atoms with van der Waals surface area (Å²) in [6.45, 7) is 10.7. The molecule has 150 valence electrons. The summed E-state index contributed by atoms with van der Waals surface area (Å²) in [5.41, 5.74) is -0.118. The van der Waals surface area contributed by atoms with Crippen LogP contribution in [-0.4, -0.2) is 34.2 Å². The fourth-order valence-electron chi connectivity index (χ4n) is 2.43. The highest BCUT2D eigenvalue weighted by Crippen LogP contribution is 2.21. The molecular weight excluding hydrogens is 348 g/mol. The van der Waals surface area contributed by atoms with Gasteiger partial charge in [0.15, 0.2) is 0 Å². The number of carbonyl (C=O) groups excluding carboxylic acids is 2. The van der Waals surface area contributed by atoms with E-state index >= 15 is 0 Å². The van der Waals surface area contributed by atoms with Gasteiger partial charge < -0.3 is 14.6 Å². The molecule has 1 aromatic rings. The van der Waals surface area contributed by atoms with E-state index in [0.29, 0.717) is 12.0 Å². The fourth-order valence-corrected chi connectivity index (χ4v) is 2.43. The molecule has 0 fully saturated rings. The van der Waals surface area contributed by atoms with Crippen LogP contribution in [0.2, 0.25) is 0 Å². The van der Waals surface area contributed by atoms with E-state index in [0.717, 1.165) is 5.56 Å². The highest BCUT2D eigenvalue weighted by Gasteiger charge is 2.26. The first-order chi connectivity index (χ1) is 12.3. The molecule has 27 heavy (non-hydrogen) atoms. The Morgan fingerprint density at radius 3 is 2.11 bits per heavy atom. The number of carbonyl (C=O) groups is 3. The van der Waals surface area contributed by atoms with E-state index in [4.69, 9.17) is 14.6 Å². The van der Waals surface area contributed by atoms with Gasteiger partial charge in [-0.05, 0) is 72.1 Å². The lowest BCUT2D eigenvalue weighted by Crippen LogP contribution is -2.30. The third-order valence-electron chi connectivity index (χ3n) is 3.49. The zero-order valence-electron chi connectivity index (χ0n) is 17.0. The van der Waals surface area contributed by atoms with Crippen LogP contribution in [0.4, 0.5) is 0 Å². The minimum atomic E-state index is -0.967. The van der Waals surface area contributed by atoms with E-state index in [-0.39, 0.29) is 12.8 Å². The number of rotatable bonds is 7. The molecule has 0 aliphatic heterocycles. The van der Waals surface area contributed by atoms with Crippen molar-refractivity contribution >= 4 is 17.9 Å². The van der Waals surface area contributed by atoms with Gasteiger partial charge in [-0.1, -0.05) is 12.1 Å². The van der Waals surface area contributed by atoms with Crippen LogP contribution in [0.25, 0.3) is 0 Å². The summed E-state index contributed by atoms with van der Waals surface area (Å²) in [4.78, 5) is 35.6. The second-order valence-corrected chi connectivity index (χ2v) is 8.57. The number of carboxylic acids is 1. The topological polar surface area (TPSA) is 89.9 Å². The van der Waals surface area contributed by atoms with E-state index < -0.39 is 35.0 Å². The van der Waals surface area contributed by atoms with E-state index in [1.54, 1.807) is 65.8 Å². The van der Waals surface area contributed by atoms with Gasteiger partial charge in [-0.15, -0.1) is 0 Å². The molecule has 0 spiro atoms. The number of hydrogen-bond donors (Lipinski definition) is 1. The van der Waals surface area contributed by atoms with Crippen LogP contribution in [0.15, 0.2) is 24.3 Å². The number of esters is 2. The second-order valence-electron chi connectivity index (χ2n) is 8.57. The van der Waals surface area contributed by atoms with Crippen molar-refractivity contribution in [3.8, 4) is 0 Å². The average Bonchev–Trinajstić information content (AvgIpc) is 2.48. The quantitative estimate of drug-likeness (QED) is 0.721. The summed E-state index contributed by atoms with van der Waals surface area (Å²) in [5.74, 6) is -2.45. The van der Waals surface area contributed by atoms with Crippen molar-refractivity contribution in [3.05, 3.63) is 35.4 Å².